The summed E-state index contributed by atoms with van der Waals surface area (Å²) in [6.45, 7) is 2.23. The fourth-order valence-electron chi connectivity index (χ4n) is 2.69. The smallest absolute Gasteiger partial charge is 0.258 e. The van der Waals surface area contributed by atoms with Gasteiger partial charge in [0.25, 0.3) is 5.91 Å². The molecule has 25 heavy (non-hydrogen) atoms. The van der Waals surface area contributed by atoms with E-state index < -0.39 is 0 Å². The number of hydrogen-bond donors (Lipinski definition) is 1. The fraction of sp³-hybridized carbons (Fsp3) is 0.444. The van der Waals surface area contributed by atoms with Crippen LogP contribution >= 0.6 is 11.3 Å². The van der Waals surface area contributed by atoms with E-state index in [1.807, 2.05) is 16.7 Å². The Morgan fingerprint density at radius 3 is 2.88 bits per heavy atom. The van der Waals surface area contributed by atoms with Gasteiger partial charge in [0, 0.05) is 25.0 Å². The quantitative estimate of drug-likeness (QED) is 0.578. The first-order valence-corrected chi connectivity index (χ1v) is 9.64. The van der Waals surface area contributed by atoms with Crippen LogP contribution in [0.25, 0.3) is 5.65 Å². The number of fused-ring (bicyclic) bond motifs is 1. The van der Waals surface area contributed by atoms with Crippen LogP contribution in [0.2, 0.25) is 0 Å². The third kappa shape index (κ3) is 4.85. The zero-order valence-corrected chi connectivity index (χ0v) is 15.3. The Kier molecular flexibility index (Phi) is 6.11. The molecule has 0 bridgehead atoms. The third-order valence-electron chi connectivity index (χ3n) is 4.08. The normalized spacial score (nSPS) is 11.1. The Bertz CT molecular complexity index is 826. The number of hydrogen-bond acceptors (Lipinski definition) is 5. The van der Waals surface area contributed by atoms with E-state index in [0.717, 1.165) is 23.5 Å². The van der Waals surface area contributed by atoms with Crippen LogP contribution in [-0.4, -0.2) is 25.5 Å². The van der Waals surface area contributed by atoms with Crippen molar-refractivity contribution >= 4 is 28.0 Å². The van der Waals surface area contributed by atoms with Crippen LogP contribution in [0, 0.1) is 0 Å². The van der Waals surface area contributed by atoms with Crippen LogP contribution in [0.5, 0.6) is 0 Å². The van der Waals surface area contributed by atoms with Crippen LogP contribution in [0.3, 0.4) is 0 Å². The standard InChI is InChI=1S/C18H23N5OS/c1-2-3-4-5-6-7-8-16-21-22-18(25-16)20-17(24)14-9-10-15-19-11-12-23(15)13-14/h9-13H,2-8H2,1H3,(H,20,22,24). The molecule has 1 amide bonds. The Morgan fingerprint density at radius 1 is 1.16 bits per heavy atom. The van der Waals surface area contributed by atoms with Crippen molar-refractivity contribution in [1.82, 2.24) is 19.6 Å². The Labute approximate surface area is 151 Å². The molecule has 3 aromatic heterocycles. The molecule has 0 aliphatic carbocycles. The summed E-state index contributed by atoms with van der Waals surface area (Å²) in [5.74, 6) is -0.183. The van der Waals surface area contributed by atoms with E-state index in [1.54, 1.807) is 18.5 Å². The number of carbonyl (C=O) groups is 1. The third-order valence-corrected chi connectivity index (χ3v) is 4.98. The Balaban J connectivity index is 1.49. The lowest BCUT2D eigenvalue weighted by molar-refractivity contribution is 0.102. The molecule has 0 radical (unpaired) electrons. The van der Waals surface area contributed by atoms with Gasteiger partial charge in [0.05, 0.1) is 5.56 Å². The summed E-state index contributed by atoms with van der Waals surface area (Å²) in [5.41, 5.74) is 1.38. The monoisotopic (exact) mass is 357 g/mol. The van der Waals surface area contributed by atoms with Gasteiger partial charge in [-0.05, 0) is 18.6 Å². The number of pyridine rings is 1. The van der Waals surface area contributed by atoms with Gasteiger partial charge in [-0.3, -0.25) is 10.1 Å². The molecule has 3 heterocycles. The highest BCUT2D eigenvalue weighted by molar-refractivity contribution is 7.15. The average Bonchev–Trinajstić information content (AvgIpc) is 3.26. The zero-order chi connectivity index (χ0) is 17.5. The van der Waals surface area contributed by atoms with Crippen molar-refractivity contribution in [3.05, 3.63) is 41.3 Å². The molecule has 7 heteroatoms. The maximum atomic E-state index is 12.3. The number of nitrogens with zero attached hydrogens (tertiary/aromatic N) is 4. The SMILES string of the molecule is CCCCCCCCc1nnc(NC(=O)c2ccc3nccn3c2)s1. The van der Waals surface area contributed by atoms with Crippen molar-refractivity contribution in [1.29, 1.82) is 0 Å². The first-order valence-electron chi connectivity index (χ1n) is 8.82. The molecule has 0 unspecified atom stereocenters. The number of carbonyl (C=O) groups excluding carboxylic acids is 1. The number of anilines is 1. The predicted molar refractivity (Wildman–Crippen MR) is 100 cm³/mol. The second-order valence-corrected chi connectivity index (χ2v) is 7.15. The van der Waals surface area contributed by atoms with Gasteiger partial charge in [-0.15, -0.1) is 10.2 Å². The molecule has 0 spiro atoms. The fourth-order valence-corrected chi connectivity index (χ4v) is 3.46. The van der Waals surface area contributed by atoms with E-state index in [2.05, 4.69) is 27.4 Å². The van der Waals surface area contributed by atoms with Crippen LogP contribution in [0.15, 0.2) is 30.7 Å². The molecule has 0 atom stereocenters. The van der Waals surface area contributed by atoms with E-state index >= 15 is 0 Å². The molecule has 0 aliphatic rings. The summed E-state index contributed by atoms with van der Waals surface area (Å²) in [6, 6.07) is 3.58. The minimum Gasteiger partial charge on any atom is -0.306 e. The average molecular weight is 357 g/mol. The highest BCUT2D eigenvalue weighted by Crippen LogP contribution is 2.19. The summed E-state index contributed by atoms with van der Waals surface area (Å²) >= 11 is 1.46. The van der Waals surface area contributed by atoms with Gasteiger partial charge in [0.2, 0.25) is 5.13 Å². The van der Waals surface area contributed by atoms with Gasteiger partial charge in [0.1, 0.15) is 10.7 Å². The number of aromatic nitrogens is 4. The maximum absolute atomic E-state index is 12.3. The van der Waals surface area contributed by atoms with E-state index in [0.29, 0.717) is 10.7 Å². The minimum atomic E-state index is -0.183. The van der Waals surface area contributed by atoms with E-state index in [4.69, 9.17) is 0 Å². The molecule has 0 aromatic carbocycles. The summed E-state index contributed by atoms with van der Waals surface area (Å²) in [7, 11) is 0. The van der Waals surface area contributed by atoms with Gasteiger partial charge in [-0.1, -0.05) is 50.4 Å². The number of nitrogens with one attached hydrogen (secondary N) is 1. The summed E-state index contributed by atoms with van der Waals surface area (Å²) in [5, 5.41) is 12.6. The van der Waals surface area contributed by atoms with Gasteiger partial charge >= 0.3 is 0 Å². The van der Waals surface area contributed by atoms with Crippen molar-refractivity contribution in [2.75, 3.05) is 5.32 Å². The molecule has 6 nitrogen and oxygen atoms in total. The lowest BCUT2D eigenvalue weighted by Crippen LogP contribution is -2.12. The lowest BCUT2D eigenvalue weighted by atomic mass is 10.1. The topological polar surface area (TPSA) is 72.2 Å². The van der Waals surface area contributed by atoms with Gasteiger partial charge in [0.15, 0.2) is 0 Å². The van der Waals surface area contributed by atoms with Crippen molar-refractivity contribution in [2.45, 2.75) is 51.9 Å². The van der Waals surface area contributed by atoms with Crippen LogP contribution < -0.4 is 5.32 Å². The zero-order valence-electron chi connectivity index (χ0n) is 14.4. The summed E-state index contributed by atoms with van der Waals surface area (Å²) in [4.78, 5) is 16.5. The number of rotatable bonds is 9. The molecule has 0 saturated heterocycles. The Morgan fingerprint density at radius 2 is 2.00 bits per heavy atom. The summed E-state index contributed by atoms with van der Waals surface area (Å²) in [6.07, 6.45) is 13.8. The molecule has 3 aromatic rings. The van der Waals surface area contributed by atoms with Gasteiger partial charge in [-0.2, -0.15) is 0 Å². The van der Waals surface area contributed by atoms with Crippen LogP contribution in [-0.2, 0) is 6.42 Å². The van der Waals surface area contributed by atoms with Crippen molar-refractivity contribution in [3.63, 3.8) is 0 Å². The number of unbranched alkanes of at least 4 members (excludes halogenated alkanes) is 5. The predicted octanol–water partition coefficient (Wildman–Crippen LogP) is 4.34. The molecular weight excluding hydrogens is 334 g/mol. The lowest BCUT2D eigenvalue weighted by Gasteiger charge is -2.02. The first-order chi connectivity index (χ1) is 12.3. The van der Waals surface area contributed by atoms with Crippen molar-refractivity contribution < 1.29 is 4.79 Å². The van der Waals surface area contributed by atoms with E-state index in [-0.39, 0.29) is 5.91 Å². The highest BCUT2D eigenvalue weighted by Gasteiger charge is 2.11. The van der Waals surface area contributed by atoms with E-state index in [9.17, 15) is 4.79 Å². The minimum absolute atomic E-state index is 0.183. The molecular formula is C18H23N5OS. The van der Waals surface area contributed by atoms with Crippen molar-refractivity contribution in [3.8, 4) is 0 Å². The van der Waals surface area contributed by atoms with E-state index in [1.165, 1.54) is 43.4 Å². The second kappa shape index (κ2) is 8.71. The van der Waals surface area contributed by atoms with Crippen molar-refractivity contribution in [2.24, 2.45) is 0 Å². The first kappa shape index (κ1) is 17.5. The van der Waals surface area contributed by atoms with Gasteiger partial charge in [-0.25, -0.2) is 4.98 Å². The molecule has 132 valence electrons. The van der Waals surface area contributed by atoms with Crippen LogP contribution in [0.4, 0.5) is 5.13 Å². The Hall–Kier alpha value is -2.28. The molecule has 3 rings (SSSR count). The number of amides is 1. The number of imidazole rings is 1. The highest BCUT2D eigenvalue weighted by atomic mass is 32.1. The molecule has 0 fully saturated rings. The number of aryl methyl sites for hydroxylation is 1. The van der Waals surface area contributed by atoms with Gasteiger partial charge < -0.3 is 4.40 Å². The summed E-state index contributed by atoms with van der Waals surface area (Å²) < 4.78 is 1.82. The maximum Gasteiger partial charge on any atom is 0.258 e. The molecule has 1 N–H and O–H groups in total. The molecule has 0 aliphatic heterocycles. The molecule has 0 saturated carbocycles. The largest absolute Gasteiger partial charge is 0.306 e. The van der Waals surface area contributed by atoms with Crippen LogP contribution in [0.1, 0.15) is 60.8 Å². The second-order valence-electron chi connectivity index (χ2n) is 6.08.